The smallest absolute Gasteiger partial charge is 0.0701 e. The second-order valence-corrected chi connectivity index (χ2v) is 13.5. The van der Waals surface area contributed by atoms with Gasteiger partial charge in [-0.25, -0.2) is 0 Å². The van der Waals surface area contributed by atoms with E-state index in [2.05, 4.69) is 13.8 Å². The average molecular weight is 799 g/mol. The second-order valence-electron chi connectivity index (χ2n) is 13.5. The Morgan fingerprint density at radius 2 is 0.491 bits per heavy atom. The average Bonchev–Trinajstić information content (AvgIpc) is 3.20. The minimum atomic E-state index is 0.0269. The van der Waals surface area contributed by atoms with Crippen LogP contribution in [0.4, 0.5) is 0 Å². The zero-order valence-corrected chi connectivity index (χ0v) is 35.5. The van der Waals surface area contributed by atoms with Crippen molar-refractivity contribution in [1.82, 2.24) is 0 Å². The first-order valence-electron chi connectivity index (χ1n) is 21.9. The molecule has 0 aliphatic heterocycles. The van der Waals surface area contributed by atoms with E-state index in [9.17, 15) is 0 Å². The van der Waals surface area contributed by atoms with E-state index in [1.54, 1.807) is 0 Å². The van der Waals surface area contributed by atoms with Crippen LogP contribution in [-0.4, -0.2) is 170 Å². The van der Waals surface area contributed by atoms with E-state index >= 15 is 0 Å². The van der Waals surface area contributed by atoms with E-state index in [1.807, 2.05) is 0 Å². The molecule has 0 bridgehead atoms. The number of hydrogen-bond acceptors (Lipinski definition) is 13. The topological polar surface area (TPSA) is 131 Å². The Balaban J connectivity index is 3.34. The van der Waals surface area contributed by atoms with Crippen molar-refractivity contribution in [2.45, 2.75) is 104 Å². The fraction of sp³-hybridized carbons (Fsp3) is 1.00. The molecule has 0 aliphatic carbocycles. The zero-order valence-electron chi connectivity index (χ0n) is 35.5. The molecule has 0 fully saturated rings. The zero-order chi connectivity index (χ0) is 39.6. The lowest BCUT2D eigenvalue weighted by molar-refractivity contribution is -0.0289. The Kier molecular flexibility index (Phi) is 51.0. The largest absolute Gasteiger partial charge is 0.394 e. The van der Waals surface area contributed by atoms with Gasteiger partial charge in [-0.2, -0.15) is 0 Å². The van der Waals surface area contributed by atoms with Crippen molar-refractivity contribution >= 4 is 0 Å². The summed E-state index contributed by atoms with van der Waals surface area (Å²) in [5, 5.41) is 8.60. The number of aliphatic hydroxyl groups excluding tert-OH is 1. The highest BCUT2D eigenvalue weighted by Gasteiger charge is 2.09. The third kappa shape index (κ3) is 49.6. The molecule has 13 heteroatoms. The van der Waals surface area contributed by atoms with Gasteiger partial charge in [0.05, 0.1) is 159 Å². The van der Waals surface area contributed by atoms with Crippen molar-refractivity contribution in [2.75, 3.05) is 165 Å². The van der Waals surface area contributed by atoms with Gasteiger partial charge in [0.2, 0.25) is 0 Å². The summed E-state index contributed by atoms with van der Waals surface area (Å²) in [4.78, 5) is 0. The molecule has 0 spiro atoms. The summed E-state index contributed by atoms with van der Waals surface area (Å²) in [5.41, 5.74) is 0. The third-order valence-corrected chi connectivity index (χ3v) is 8.61. The molecule has 0 heterocycles. The van der Waals surface area contributed by atoms with Gasteiger partial charge in [-0.1, -0.05) is 90.9 Å². The maximum Gasteiger partial charge on any atom is 0.0701 e. The Morgan fingerprint density at radius 1 is 0.273 bits per heavy atom. The molecular formula is C42H86O13. The van der Waals surface area contributed by atoms with Crippen molar-refractivity contribution in [3.05, 3.63) is 0 Å². The summed E-state index contributed by atoms with van der Waals surface area (Å²) in [6.45, 7) is 17.4. The van der Waals surface area contributed by atoms with Crippen molar-refractivity contribution in [2.24, 2.45) is 5.92 Å². The van der Waals surface area contributed by atoms with E-state index in [-0.39, 0.29) is 6.61 Å². The fourth-order valence-corrected chi connectivity index (χ4v) is 5.47. The van der Waals surface area contributed by atoms with Crippen molar-refractivity contribution < 1.29 is 61.9 Å². The first-order chi connectivity index (χ1) is 27.3. The van der Waals surface area contributed by atoms with Gasteiger partial charge in [-0.3, -0.25) is 0 Å². The van der Waals surface area contributed by atoms with Crippen LogP contribution in [0.1, 0.15) is 104 Å². The van der Waals surface area contributed by atoms with Crippen molar-refractivity contribution in [3.63, 3.8) is 0 Å². The Labute approximate surface area is 336 Å². The molecule has 0 saturated heterocycles. The van der Waals surface area contributed by atoms with Gasteiger partial charge in [-0.05, 0) is 18.8 Å². The molecule has 0 radical (unpaired) electrons. The van der Waals surface area contributed by atoms with Crippen molar-refractivity contribution in [1.29, 1.82) is 0 Å². The molecule has 0 amide bonds. The maximum absolute atomic E-state index is 8.60. The molecule has 332 valence electrons. The molecule has 0 saturated carbocycles. The SMILES string of the molecule is CCCCCCCCC(CCCCCCCC)COCCOCCOCCOCCOCCOCCOCCOCCOCCOCCOCCOCCO. The molecule has 0 aromatic heterocycles. The molecule has 0 atom stereocenters. The Bertz CT molecular complexity index is 649. The summed E-state index contributed by atoms with van der Waals surface area (Å²) in [6, 6.07) is 0. The molecule has 13 nitrogen and oxygen atoms in total. The van der Waals surface area contributed by atoms with Crippen LogP contribution in [0.2, 0.25) is 0 Å². The molecule has 0 aromatic carbocycles. The van der Waals surface area contributed by atoms with Crippen LogP contribution in [0.15, 0.2) is 0 Å². The lowest BCUT2D eigenvalue weighted by atomic mass is 9.95. The standard InChI is InChI=1S/C42H86O13/c1-3-5-7-9-11-13-15-42(16-14-12-10-8-6-4-2)41-55-40-39-54-38-37-53-36-35-52-34-33-51-32-31-50-30-29-49-28-27-48-26-25-47-24-23-46-22-21-45-20-19-44-18-17-43/h42-43H,3-41H2,1-2H3. The van der Waals surface area contributed by atoms with Gasteiger partial charge in [0.15, 0.2) is 0 Å². The van der Waals surface area contributed by atoms with Crippen LogP contribution in [0.3, 0.4) is 0 Å². The van der Waals surface area contributed by atoms with Crippen LogP contribution in [0, 0.1) is 5.92 Å². The Hall–Kier alpha value is -0.520. The molecule has 0 rings (SSSR count). The van der Waals surface area contributed by atoms with Gasteiger partial charge in [0, 0.05) is 6.61 Å². The van der Waals surface area contributed by atoms with Gasteiger partial charge >= 0.3 is 0 Å². The van der Waals surface area contributed by atoms with E-state index in [0.717, 1.165) is 6.61 Å². The molecule has 55 heavy (non-hydrogen) atoms. The Morgan fingerprint density at radius 3 is 0.745 bits per heavy atom. The lowest BCUT2D eigenvalue weighted by Gasteiger charge is -2.17. The quantitative estimate of drug-likeness (QED) is 0.0693. The molecular weight excluding hydrogens is 712 g/mol. The van der Waals surface area contributed by atoms with Gasteiger partial charge in [0.25, 0.3) is 0 Å². The predicted octanol–water partition coefficient (Wildman–Crippen LogP) is 6.30. The predicted molar refractivity (Wildman–Crippen MR) is 216 cm³/mol. The first-order valence-corrected chi connectivity index (χ1v) is 21.9. The fourth-order valence-electron chi connectivity index (χ4n) is 5.47. The molecule has 0 aliphatic rings. The normalized spacial score (nSPS) is 11.8. The number of rotatable bonds is 51. The van der Waals surface area contributed by atoms with Crippen LogP contribution in [-0.2, 0) is 56.8 Å². The number of hydrogen-bond donors (Lipinski definition) is 1. The van der Waals surface area contributed by atoms with Gasteiger partial charge in [0.1, 0.15) is 0 Å². The molecule has 0 aromatic rings. The molecule has 0 unspecified atom stereocenters. The van der Waals surface area contributed by atoms with Gasteiger partial charge in [-0.15, -0.1) is 0 Å². The number of aliphatic hydroxyl groups is 1. The molecule has 1 N–H and O–H groups in total. The number of ether oxygens (including phenoxy) is 12. The third-order valence-electron chi connectivity index (χ3n) is 8.61. The van der Waals surface area contributed by atoms with E-state index in [4.69, 9.17) is 61.9 Å². The van der Waals surface area contributed by atoms with Crippen LogP contribution in [0.25, 0.3) is 0 Å². The summed E-state index contributed by atoms with van der Waals surface area (Å²) in [5.74, 6) is 0.687. The minimum Gasteiger partial charge on any atom is -0.394 e. The summed E-state index contributed by atoms with van der Waals surface area (Å²) in [6.07, 6.45) is 18.9. The lowest BCUT2D eigenvalue weighted by Crippen LogP contribution is -2.16. The van der Waals surface area contributed by atoms with E-state index in [1.165, 1.54) is 89.9 Å². The minimum absolute atomic E-state index is 0.0269. The maximum atomic E-state index is 8.60. The van der Waals surface area contributed by atoms with Gasteiger partial charge < -0.3 is 61.9 Å². The van der Waals surface area contributed by atoms with Crippen LogP contribution >= 0.6 is 0 Å². The highest BCUT2D eigenvalue weighted by Crippen LogP contribution is 2.20. The van der Waals surface area contributed by atoms with Crippen molar-refractivity contribution in [3.8, 4) is 0 Å². The van der Waals surface area contributed by atoms with E-state index < -0.39 is 0 Å². The second kappa shape index (κ2) is 51.5. The van der Waals surface area contributed by atoms with E-state index in [0.29, 0.717) is 158 Å². The monoisotopic (exact) mass is 799 g/mol. The number of unbranched alkanes of at least 4 members (excludes halogenated alkanes) is 10. The highest BCUT2D eigenvalue weighted by molar-refractivity contribution is 4.61. The first kappa shape index (κ1) is 54.5. The summed E-state index contributed by atoms with van der Waals surface area (Å²) < 4.78 is 66.3. The van der Waals surface area contributed by atoms with Crippen LogP contribution in [0.5, 0.6) is 0 Å². The summed E-state index contributed by atoms with van der Waals surface area (Å²) >= 11 is 0. The summed E-state index contributed by atoms with van der Waals surface area (Å²) in [7, 11) is 0. The highest BCUT2D eigenvalue weighted by atomic mass is 16.6. The van der Waals surface area contributed by atoms with Crippen LogP contribution < -0.4 is 0 Å².